The zero-order valence-corrected chi connectivity index (χ0v) is 11.1. The van der Waals surface area contributed by atoms with Crippen LogP contribution in [0.4, 0.5) is 0 Å². The van der Waals surface area contributed by atoms with E-state index in [1.54, 1.807) is 11.3 Å². The van der Waals surface area contributed by atoms with Gasteiger partial charge < -0.3 is 10.6 Å². The molecular formula is C11H19ClN2OS. The quantitative estimate of drug-likeness (QED) is 0.736. The molecule has 92 valence electrons. The first-order valence-electron chi connectivity index (χ1n) is 5.32. The van der Waals surface area contributed by atoms with E-state index in [0.717, 1.165) is 24.4 Å². The summed E-state index contributed by atoms with van der Waals surface area (Å²) in [4.78, 5) is 12.5. The maximum absolute atomic E-state index is 11.4. The first kappa shape index (κ1) is 15.4. The summed E-state index contributed by atoms with van der Waals surface area (Å²) in [5.74, 6) is 0.107. The molecule has 0 aromatic carbocycles. The molecule has 0 aliphatic heterocycles. The van der Waals surface area contributed by atoms with Gasteiger partial charge in [-0.1, -0.05) is 13.0 Å². The number of nitrogens with one attached hydrogen (secondary N) is 2. The van der Waals surface area contributed by atoms with E-state index < -0.39 is 0 Å². The van der Waals surface area contributed by atoms with Crippen molar-refractivity contribution in [1.82, 2.24) is 10.6 Å². The van der Waals surface area contributed by atoms with Crippen molar-refractivity contribution in [2.75, 3.05) is 19.6 Å². The lowest BCUT2D eigenvalue weighted by Gasteiger charge is -2.05. The monoisotopic (exact) mass is 262 g/mol. The van der Waals surface area contributed by atoms with Crippen LogP contribution in [0.2, 0.25) is 0 Å². The Morgan fingerprint density at radius 1 is 1.38 bits per heavy atom. The van der Waals surface area contributed by atoms with Crippen molar-refractivity contribution in [3.63, 3.8) is 0 Å². The fourth-order valence-electron chi connectivity index (χ4n) is 1.23. The smallest absolute Gasteiger partial charge is 0.225 e. The third kappa shape index (κ3) is 6.82. The number of hydrogen-bond donors (Lipinski definition) is 2. The molecule has 5 heteroatoms. The van der Waals surface area contributed by atoms with Crippen molar-refractivity contribution in [2.45, 2.75) is 19.8 Å². The maximum Gasteiger partial charge on any atom is 0.225 e. The summed E-state index contributed by atoms with van der Waals surface area (Å²) in [6.07, 6.45) is 1.63. The van der Waals surface area contributed by atoms with Crippen LogP contribution < -0.4 is 10.6 Å². The molecule has 2 N–H and O–H groups in total. The Labute approximate surface area is 107 Å². The highest BCUT2D eigenvalue weighted by Crippen LogP contribution is 2.08. The van der Waals surface area contributed by atoms with Crippen LogP contribution in [0.1, 0.15) is 18.2 Å². The minimum absolute atomic E-state index is 0. The van der Waals surface area contributed by atoms with Gasteiger partial charge in [0.25, 0.3) is 0 Å². The molecule has 1 rings (SSSR count). The van der Waals surface area contributed by atoms with E-state index in [2.05, 4.69) is 17.6 Å². The number of thiophene rings is 1. The normalized spacial score (nSPS) is 9.56. The Morgan fingerprint density at radius 3 is 2.81 bits per heavy atom. The summed E-state index contributed by atoms with van der Waals surface area (Å²) in [5, 5.41) is 8.11. The van der Waals surface area contributed by atoms with Crippen molar-refractivity contribution >= 4 is 29.7 Å². The molecule has 0 unspecified atom stereocenters. The average molecular weight is 263 g/mol. The molecule has 0 saturated heterocycles. The van der Waals surface area contributed by atoms with Crippen LogP contribution in [-0.2, 0) is 11.2 Å². The molecule has 16 heavy (non-hydrogen) atoms. The number of carbonyl (C=O) groups excluding carboxylic acids is 1. The highest BCUT2D eigenvalue weighted by molar-refractivity contribution is 7.10. The van der Waals surface area contributed by atoms with E-state index in [9.17, 15) is 4.79 Å². The Bertz CT molecular complexity index is 278. The Morgan fingerprint density at radius 2 is 2.19 bits per heavy atom. The molecule has 1 aromatic rings. The second kappa shape index (κ2) is 9.63. The van der Waals surface area contributed by atoms with Gasteiger partial charge in [-0.25, -0.2) is 0 Å². The van der Waals surface area contributed by atoms with E-state index in [-0.39, 0.29) is 18.3 Å². The molecule has 0 aliphatic carbocycles. The molecule has 0 radical (unpaired) electrons. The summed E-state index contributed by atoms with van der Waals surface area (Å²) < 4.78 is 0. The van der Waals surface area contributed by atoms with Gasteiger partial charge in [-0.05, 0) is 24.4 Å². The lowest BCUT2D eigenvalue weighted by atomic mass is 10.3. The second-order valence-corrected chi connectivity index (χ2v) is 4.39. The van der Waals surface area contributed by atoms with Crippen LogP contribution in [0, 0.1) is 0 Å². The molecule has 0 atom stereocenters. The van der Waals surface area contributed by atoms with Crippen LogP contribution in [0.5, 0.6) is 0 Å². The first-order valence-corrected chi connectivity index (χ1v) is 6.20. The van der Waals surface area contributed by atoms with Gasteiger partial charge in [0.1, 0.15) is 0 Å². The summed E-state index contributed by atoms with van der Waals surface area (Å²) in [5.41, 5.74) is 0. The zero-order valence-electron chi connectivity index (χ0n) is 9.49. The number of carbonyl (C=O) groups is 1. The van der Waals surface area contributed by atoms with E-state index in [1.165, 1.54) is 0 Å². The van der Waals surface area contributed by atoms with E-state index in [0.29, 0.717) is 13.0 Å². The van der Waals surface area contributed by atoms with Gasteiger partial charge in [0, 0.05) is 18.0 Å². The van der Waals surface area contributed by atoms with Crippen molar-refractivity contribution < 1.29 is 4.79 Å². The molecule has 0 bridgehead atoms. The van der Waals surface area contributed by atoms with Gasteiger partial charge in [-0.3, -0.25) is 4.79 Å². The molecule has 0 saturated carbocycles. The fraction of sp³-hybridized carbons (Fsp3) is 0.545. The molecule has 0 fully saturated rings. The first-order chi connectivity index (χ1) is 7.33. The van der Waals surface area contributed by atoms with Crippen molar-refractivity contribution in [2.24, 2.45) is 0 Å². The molecule has 0 aliphatic rings. The number of rotatable bonds is 7. The number of hydrogen-bond acceptors (Lipinski definition) is 3. The summed E-state index contributed by atoms with van der Waals surface area (Å²) in [6, 6.07) is 3.95. The van der Waals surface area contributed by atoms with Crippen molar-refractivity contribution in [1.29, 1.82) is 0 Å². The third-order valence-corrected chi connectivity index (χ3v) is 2.84. The van der Waals surface area contributed by atoms with Crippen LogP contribution in [0.25, 0.3) is 0 Å². The lowest BCUT2D eigenvalue weighted by Crippen LogP contribution is -2.32. The van der Waals surface area contributed by atoms with E-state index in [4.69, 9.17) is 0 Å². The summed E-state index contributed by atoms with van der Waals surface area (Å²) in [6.45, 7) is 4.71. The van der Waals surface area contributed by atoms with Crippen LogP contribution in [0.3, 0.4) is 0 Å². The summed E-state index contributed by atoms with van der Waals surface area (Å²) in [7, 11) is 0. The lowest BCUT2D eigenvalue weighted by molar-refractivity contribution is -0.120. The molecule has 1 amide bonds. The van der Waals surface area contributed by atoms with Crippen LogP contribution >= 0.6 is 23.7 Å². The Kier molecular flexibility index (Phi) is 9.28. The predicted molar refractivity (Wildman–Crippen MR) is 71.4 cm³/mol. The molecule has 1 aromatic heterocycles. The van der Waals surface area contributed by atoms with E-state index in [1.807, 2.05) is 17.5 Å². The molecule has 3 nitrogen and oxygen atoms in total. The predicted octanol–water partition coefficient (Wildman–Crippen LogP) is 1.83. The zero-order chi connectivity index (χ0) is 10.9. The highest BCUT2D eigenvalue weighted by Gasteiger charge is 2.02. The van der Waals surface area contributed by atoms with Gasteiger partial charge in [0.05, 0.1) is 6.42 Å². The largest absolute Gasteiger partial charge is 0.355 e. The van der Waals surface area contributed by atoms with Crippen LogP contribution in [-0.4, -0.2) is 25.5 Å². The maximum atomic E-state index is 11.4. The van der Waals surface area contributed by atoms with E-state index >= 15 is 0 Å². The van der Waals surface area contributed by atoms with Crippen molar-refractivity contribution in [3.8, 4) is 0 Å². The summed E-state index contributed by atoms with van der Waals surface area (Å²) >= 11 is 1.62. The van der Waals surface area contributed by atoms with Gasteiger partial charge in [-0.15, -0.1) is 23.7 Å². The number of halogens is 1. The number of amides is 1. The standard InChI is InChI=1S/C11H18N2OS.ClH/c1-2-5-12-6-7-13-11(14)9-10-4-3-8-15-10;/h3-4,8,12H,2,5-7,9H2,1H3,(H,13,14);1H. The fourth-order valence-corrected chi connectivity index (χ4v) is 1.93. The average Bonchev–Trinajstić information content (AvgIpc) is 2.70. The van der Waals surface area contributed by atoms with Gasteiger partial charge in [0.2, 0.25) is 5.91 Å². The van der Waals surface area contributed by atoms with Crippen LogP contribution in [0.15, 0.2) is 17.5 Å². The van der Waals surface area contributed by atoms with Gasteiger partial charge in [-0.2, -0.15) is 0 Å². The molecular weight excluding hydrogens is 244 g/mol. The topological polar surface area (TPSA) is 41.1 Å². The Balaban J connectivity index is 0.00000225. The molecule has 1 heterocycles. The third-order valence-electron chi connectivity index (χ3n) is 1.97. The second-order valence-electron chi connectivity index (χ2n) is 3.36. The molecule has 0 spiro atoms. The minimum atomic E-state index is 0. The van der Waals surface area contributed by atoms with Gasteiger partial charge >= 0.3 is 0 Å². The van der Waals surface area contributed by atoms with Gasteiger partial charge in [0.15, 0.2) is 0 Å². The van der Waals surface area contributed by atoms with Crippen molar-refractivity contribution in [3.05, 3.63) is 22.4 Å². The minimum Gasteiger partial charge on any atom is -0.355 e. The SMILES string of the molecule is CCCNCCNC(=O)Cc1cccs1.Cl. The Hall–Kier alpha value is -0.580. The highest BCUT2D eigenvalue weighted by atomic mass is 35.5.